The highest BCUT2D eigenvalue weighted by atomic mass is 16.5. The number of nitrogens with zero attached hydrogens (tertiary/aromatic N) is 2. The van der Waals surface area contributed by atoms with Crippen LogP contribution in [0.4, 0.5) is 0 Å². The van der Waals surface area contributed by atoms with Gasteiger partial charge in [0.2, 0.25) is 0 Å². The van der Waals surface area contributed by atoms with Crippen molar-refractivity contribution < 1.29 is 18.7 Å². The lowest BCUT2D eigenvalue weighted by Crippen LogP contribution is -2.45. The van der Waals surface area contributed by atoms with Gasteiger partial charge in [0, 0.05) is 19.6 Å². The lowest BCUT2D eigenvalue weighted by molar-refractivity contribution is 0.0313. The van der Waals surface area contributed by atoms with Crippen molar-refractivity contribution in [1.82, 2.24) is 9.80 Å². The van der Waals surface area contributed by atoms with Crippen molar-refractivity contribution >= 4 is 5.91 Å². The summed E-state index contributed by atoms with van der Waals surface area (Å²) in [7, 11) is 1.66. The molecule has 6 nitrogen and oxygen atoms in total. The Morgan fingerprint density at radius 2 is 2.08 bits per heavy atom. The van der Waals surface area contributed by atoms with Crippen molar-refractivity contribution in [2.45, 2.75) is 19.0 Å². The minimum Gasteiger partial charge on any atom is -0.497 e. The second-order valence-corrected chi connectivity index (χ2v) is 6.77. The maximum atomic E-state index is 12.9. The number of rotatable bonds is 5. The van der Waals surface area contributed by atoms with Gasteiger partial charge in [-0.05, 0) is 30.2 Å². The van der Waals surface area contributed by atoms with Crippen LogP contribution >= 0.6 is 0 Å². The first-order chi connectivity index (χ1) is 12.7. The zero-order chi connectivity index (χ0) is 17.9. The van der Waals surface area contributed by atoms with Crippen LogP contribution in [-0.2, 0) is 11.3 Å². The Kier molecular flexibility index (Phi) is 4.95. The van der Waals surface area contributed by atoms with Crippen LogP contribution in [0.15, 0.2) is 41.0 Å². The van der Waals surface area contributed by atoms with Crippen molar-refractivity contribution in [2.75, 3.05) is 40.0 Å². The van der Waals surface area contributed by atoms with E-state index in [1.54, 1.807) is 13.4 Å². The fourth-order valence-electron chi connectivity index (χ4n) is 3.55. The first-order valence-electron chi connectivity index (χ1n) is 9.07. The molecule has 0 unspecified atom stereocenters. The molecule has 2 fully saturated rings. The predicted octanol–water partition coefficient (Wildman–Crippen LogP) is 2.71. The second kappa shape index (κ2) is 7.51. The second-order valence-electron chi connectivity index (χ2n) is 6.77. The van der Waals surface area contributed by atoms with E-state index in [0.717, 1.165) is 62.9 Å². The zero-order valence-corrected chi connectivity index (χ0v) is 15.0. The van der Waals surface area contributed by atoms with Gasteiger partial charge in [0.25, 0.3) is 5.91 Å². The van der Waals surface area contributed by atoms with E-state index in [0.29, 0.717) is 5.56 Å². The topological polar surface area (TPSA) is 55.2 Å². The minimum absolute atomic E-state index is 0.0287. The van der Waals surface area contributed by atoms with Crippen LogP contribution < -0.4 is 4.74 Å². The number of methoxy groups -OCH3 is 1. The van der Waals surface area contributed by atoms with E-state index in [-0.39, 0.29) is 11.9 Å². The van der Waals surface area contributed by atoms with Crippen LogP contribution in [0.1, 0.15) is 34.1 Å². The number of ether oxygens (including phenoxy) is 2. The molecule has 2 saturated heterocycles. The van der Waals surface area contributed by atoms with Crippen LogP contribution in [-0.4, -0.2) is 55.7 Å². The van der Waals surface area contributed by atoms with Crippen molar-refractivity contribution in [3.8, 4) is 5.75 Å². The first kappa shape index (κ1) is 17.1. The highest BCUT2D eigenvalue weighted by molar-refractivity contribution is 5.94. The lowest BCUT2D eigenvalue weighted by Gasteiger charge is -2.41. The van der Waals surface area contributed by atoms with E-state index < -0.39 is 0 Å². The van der Waals surface area contributed by atoms with Crippen molar-refractivity contribution in [1.29, 1.82) is 0 Å². The zero-order valence-electron chi connectivity index (χ0n) is 15.0. The molecule has 138 valence electrons. The highest BCUT2D eigenvalue weighted by Gasteiger charge is 2.34. The number of carbonyl (C=O) groups is 1. The van der Waals surface area contributed by atoms with Crippen molar-refractivity contribution in [2.24, 2.45) is 0 Å². The number of benzene rings is 1. The Morgan fingerprint density at radius 3 is 2.81 bits per heavy atom. The number of morpholine rings is 1. The summed E-state index contributed by atoms with van der Waals surface area (Å²) in [6.45, 7) is 4.79. The van der Waals surface area contributed by atoms with Gasteiger partial charge in [0.1, 0.15) is 17.8 Å². The molecule has 4 rings (SSSR count). The van der Waals surface area contributed by atoms with E-state index in [4.69, 9.17) is 13.9 Å². The molecule has 3 heterocycles. The third-order valence-electron chi connectivity index (χ3n) is 5.14. The summed E-state index contributed by atoms with van der Waals surface area (Å²) in [5, 5.41) is 0. The molecule has 2 aromatic rings. The molecular weight excluding hydrogens is 332 g/mol. The van der Waals surface area contributed by atoms with E-state index in [1.165, 1.54) is 0 Å². The van der Waals surface area contributed by atoms with Gasteiger partial charge in [0.05, 0.1) is 38.5 Å². The highest BCUT2D eigenvalue weighted by Crippen LogP contribution is 2.36. The molecular formula is C20H24N2O4. The van der Waals surface area contributed by atoms with Gasteiger partial charge in [0.15, 0.2) is 0 Å². The number of furan rings is 1. The van der Waals surface area contributed by atoms with Crippen molar-refractivity contribution in [3.63, 3.8) is 0 Å². The summed E-state index contributed by atoms with van der Waals surface area (Å²) in [6.07, 6.45) is 2.55. The van der Waals surface area contributed by atoms with Gasteiger partial charge in [-0.1, -0.05) is 12.1 Å². The molecule has 0 N–H and O–H groups in total. The molecule has 0 saturated carbocycles. The third-order valence-corrected chi connectivity index (χ3v) is 5.14. The number of hydrogen-bond donors (Lipinski definition) is 0. The summed E-state index contributed by atoms with van der Waals surface area (Å²) in [5.41, 5.74) is 1.74. The molecule has 6 heteroatoms. The van der Waals surface area contributed by atoms with Crippen LogP contribution in [0.25, 0.3) is 0 Å². The molecule has 26 heavy (non-hydrogen) atoms. The smallest absolute Gasteiger partial charge is 0.257 e. The van der Waals surface area contributed by atoms with Gasteiger partial charge in [-0.15, -0.1) is 0 Å². The molecule has 0 aliphatic carbocycles. The molecule has 1 aromatic carbocycles. The fourth-order valence-corrected chi connectivity index (χ4v) is 3.55. The summed E-state index contributed by atoms with van der Waals surface area (Å²) >= 11 is 0. The average molecular weight is 356 g/mol. The molecule has 1 atom stereocenters. The van der Waals surface area contributed by atoms with E-state index in [1.807, 2.05) is 35.2 Å². The monoisotopic (exact) mass is 356 g/mol. The quantitative estimate of drug-likeness (QED) is 0.824. The molecule has 2 aliphatic rings. The molecule has 1 amide bonds. The van der Waals surface area contributed by atoms with Gasteiger partial charge < -0.3 is 18.8 Å². The van der Waals surface area contributed by atoms with E-state index in [2.05, 4.69) is 4.90 Å². The Labute approximate surface area is 153 Å². The maximum Gasteiger partial charge on any atom is 0.257 e. The normalized spacial score (nSPS) is 20.7. The predicted molar refractivity (Wildman–Crippen MR) is 96.2 cm³/mol. The maximum absolute atomic E-state index is 12.9. The Balaban J connectivity index is 1.42. The standard InChI is InChI=1S/C20H24N2O4/c1-24-17-4-2-3-15(11-17)19-5-6-22(19)20(23)16-12-18(26-14-16)13-21-7-9-25-10-8-21/h2-4,11-12,14,19H,5-10,13H2,1H3/t19-/m1/s1. The lowest BCUT2D eigenvalue weighted by atomic mass is 9.94. The van der Waals surface area contributed by atoms with Gasteiger partial charge in [-0.3, -0.25) is 9.69 Å². The molecule has 0 bridgehead atoms. The van der Waals surface area contributed by atoms with Crippen LogP contribution in [0.2, 0.25) is 0 Å². The first-order valence-corrected chi connectivity index (χ1v) is 9.07. The summed E-state index contributed by atoms with van der Waals surface area (Å²) in [5.74, 6) is 1.67. The number of carbonyl (C=O) groups excluding carboxylic acids is 1. The van der Waals surface area contributed by atoms with Crippen LogP contribution in [0, 0.1) is 0 Å². The summed E-state index contributed by atoms with van der Waals surface area (Å²) in [4.78, 5) is 17.0. The SMILES string of the molecule is COc1cccc([C@H]2CCN2C(=O)c2coc(CN3CCOCC3)c2)c1. The molecule has 0 radical (unpaired) electrons. The largest absolute Gasteiger partial charge is 0.497 e. The number of hydrogen-bond acceptors (Lipinski definition) is 5. The number of likely N-dealkylation sites (tertiary alicyclic amines) is 1. The van der Waals surface area contributed by atoms with Gasteiger partial charge >= 0.3 is 0 Å². The minimum atomic E-state index is 0.0287. The Hall–Kier alpha value is -2.31. The molecule has 1 aromatic heterocycles. The molecule has 2 aliphatic heterocycles. The summed E-state index contributed by atoms with van der Waals surface area (Å²) in [6, 6.07) is 9.92. The Morgan fingerprint density at radius 1 is 1.23 bits per heavy atom. The summed E-state index contributed by atoms with van der Waals surface area (Å²) < 4.78 is 16.3. The third kappa shape index (κ3) is 3.48. The average Bonchev–Trinajstić information content (AvgIpc) is 3.10. The van der Waals surface area contributed by atoms with Crippen LogP contribution in [0.3, 0.4) is 0 Å². The number of amides is 1. The van der Waals surface area contributed by atoms with Gasteiger partial charge in [-0.2, -0.15) is 0 Å². The fraction of sp³-hybridized carbons (Fsp3) is 0.450. The van der Waals surface area contributed by atoms with E-state index in [9.17, 15) is 4.79 Å². The van der Waals surface area contributed by atoms with Crippen molar-refractivity contribution in [3.05, 3.63) is 53.5 Å². The van der Waals surface area contributed by atoms with E-state index >= 15 is 0 Å². The Bertz CT molecular complexity index is 767. The molecule has 0 spiro atoms. The van der Waals surface area contributed by atoms with Crippen LogP contribution in [0.5, 0.6) is 5.75 Å². The van der Waals surface area contributed by atoms with Gasteiger partial charge in [-0.25, -0.2) is 0 Å².